The van der Waals surface area contributed by atoms with E-state index < -0.39 is 6.03 Å². The molecule has 9 heteroatoms. The highest BCUT2D eigenvalue weighted by Crippen LogP contribution is 2.26. The predicted molar refractivity (Wildman–Crippen MR) is 113 cm³/mol. The summed E-state index contributed by atoms with van der Waals surface area (Å²) < 4.78 is 11.0. The molecule has 158 valence electrons. The van der Waals surface area contributed by atoms with Crippen LogP contribution in [0.3, 0.4) is 0 Å². The van der Waals surface area contributed by atoms with Gasteiger partial charge in [0.2, 0.25) is 5.91 Å². The summed E-state index contributed by atoms with van der Waals surface area (Å²) in [6.07, 6.45) is 5.50. The molecule has 4 rings (SSSR count). The van der Waals surface area contributed by atoms with Gasteiger partial charge in [-0.2, -0.15) is 0 Å². The van der Waals surface area contributed by atoms with E-state index in [1.54, 1.807) is 30.6 Å². The molecule has 0 aliphatic carbocycles. The first-order valence-electron chi connectivity index (χ1n) is 9.79. The number of aromatic nitrogens is 3. The van der Waals surface area contributed by atoms with Gasteiger partial charge in [-0.05, 0) is 43.7 Å². The molecule has 0 aromatic carbocycles. The maximum atomic E-state index is 12.0. The number of carbonyl (C=O) groups is 2. The first-order valence-corrected chi connectivity index (χ1v) is 9.79. The van der Waals surface area contributed by atoms with E-state index in [1.807, 2.05) is 25.1 Å². The Morgan fingerprint density at radius 1 is 1.06 bits per heavy atom. The van der Waals surface area contributed by atoms with E-state index in [-0.39, 0.29) is 11.8 Å². The van der Waals surface area contributed by atoms with Crippen LogP contribution in [0.25, 0.3) is 11.3 Å². The summed E-state index contributed by atoms with van der Waals surface area (Å²) >= 11 is 0. The number of anilines is 1. The fraction of sp³-hybridized carbons (Fsp3) is 0.227. The highest BCUT2D eigenvalue weighted by atomic mass is 16.5. The van der Waals surface area contributed by atoms with Crippen LogP contribution in [0.5, 0.6) is 11.5 Å². The van der Waals surface area contributed by atoms with Crippen molar-refractivity contribution < 1.29 is 19.1 Å². The Kier molecular flexibility index (Phi) is 6.13. The van der Waals surface area contributed by atoms with E-state index in [0.29, 0.717) is 37.0 Å². The Labute approximate surface area is 178 Å². The Morgan fingerprint density at radius 2 is 1.94 bits per heavy atom. The van der Waals surface area contributed by atoms with Gasteiger partial charge in [0.15, 0.2) is 0 Å². The van der Waals surface area contributed by atoms with Crippen LogP contribution in [0, 0.1) is 12.8 Å². The lowest BCUT2D eigenvalue weighted by Gasteiger charge is -2.10. The smallest absolute Gasteiger partial charge is 0.327 e. The number of imide groups is 1. The summed E-state index contributed by atoms with van der Waals surface area (Å²) in [4.78, 5) is 36.7. The number of aryl methyl sites for hydroxylation is 1. The zero-order valence-corrected chi connectivity index (χ0v) is 16.9. The van der Waals surface area contributed by atoms with Crippen LogP contribution in [-0.2, 0) is 9.53 Å². The standard InChI is InChI=1S/C22H21N5O4/c1-14-10-15(4-7-23-14)19-11-17(5-8-24-19)31-18-2-3-20(25-12-18)26-22(29)27-21(28)16-6-9-30-13-16/h2-5,7-8,10-12,16H,6,9,13H2,1H3,(H2,25,26,27,28,29). The summed E-state index contributed by atoms with van der Waals surface area (Å²) in [6.45, 7) is 2.79. The van der Waals surface area contributed by atoms with Crippen molar-refractivity contribution in [1.82, 2.24) is 20.3 Å². The minimum Gasteiger partial charge on any atom is -0.456 e. The van der Waals surface area contributed by atoms with Crippen molar-refractivity contribution in [3.05, 3.63) is 60.7 Å². The van der Waals surface area contributed by atoms with E-state index in [9.17, 15) is 9.59 Å². The van der Waals surface area contributed by atoms with Crippen molar-refractivity contribution in [2.75, 3.05) is 18.5 Å². The third-order valence-electron chi connectivity index (χ3n) is 4.67. The molecule has 1 aliphatic heterocycles. The summed E-state index contributed by atoms with van der Waals surface area (Å²) in [5, 5.41) is 4.83. The van der Waals surface area contributed by atoms with E-state index in [2.05, 4.69) is 25.6 Å². The largest absolute Gasteiger partial charge is 0.456 e. The van der Waals surface area contributed by atoms with Crippen LogP contribution in [-0.4, -0.2) is 40.1 Å². The van der Waals surface area contributed by atoms with Gasteiger partial charge in [-0.25, -0.2) is 9.78 Å². The average Bonchev–Trinajstić information content (AvgIpc) is 3.31. The van der Waals surface area contributed by atoms with Crippen molar-refractivity contribution in [3.8, 4) is 22.8 Å². The molecule has 1 atom stereocenters. The molecule has 0 spiro atoms. The number of hydrogen-bond acceptors (Lipinski definition) is 7. The molecule has 0 radical (unpaired) electrons. The van der Waals surface area contributed by atoms with Gasteiger partial charge >= 0.3 is 6.03 Å². The molecule has 1 saturated heterocycles. The highest BCUT2D eigenvalue weighted by Gasteiger charge is 2.24. The minimum atomic E-state index is -0.635. The Balaban J connectivity index is 1.36. The van der Waals surface area contributed by atoms with Gasteiger partial charge in [0.1, 0.15) is 17.3 Å². The lowest BCUT2D eigenvalue weighted by molar-refractivity contribution is -0.123. The van der Waals surface area contributed by atoms with E-state index in [4.69, 9.17) is 9.47 Å². The van der Waals surface area contributed by atoms with Crippen molar-refractivity contribution >= 4 is 17.8 Å². The first-order chi connectivity index (χ1) is 15.1. The quantitative estimate of drug-likeness (QED) is 0.652. The highest BCUT2D eigenvalue weighted by molar-refractivity contribution is 6.01. The maximum Gasteiger partial charge on any atom is 0.327 e. The second-order valence-electron chi connectivity index (χ2n) is 7.05. The molecule has 1 aliphatic rings. The number of pyridine rings is 3. The molecule has 4 heterocycles. The lowest BCUT2D eigenvalue weighted by Crippen LogP contribution is -2.38. The van der Waals surface area contributed by atoms with E-state index in [0.717, 1.165) is 17.0 Å². The Bertz CT molecular complexity index is 1080. The van der Waals surface area contributed by atoms with Gasteiger partial charge in [-0.3, -0.25) is 25.4 Å². The maximum absolute atomic E-state index is 12.0. The molecule has 2 N–H and O–H groups in total. The van der Waals surface area contributed by atoms with Crippen LogP contribution in [0.4, 0.5) is 10.6 Å². The normalized spacial score (nSPS) is 15.3. The molecule has 3 amide bonds. The van der Waals surface area contributed by atoms with Crippen molar-refractivity contribution in [1.29, 1.82) is 0 Å². The van der Waals surface area contributed by atoms with E-state index >= 15 is 0 Å². The summed E-state index contributed by atoms with van der Waals surface area (Å²) in [7, 11) is 0. The molecule has 0 saturated carbocycles. The Hall–Kier alpha value is -3.85. The molecular formula is C22H21N5O4. The van der Waals surface area contributed by atoms with Gasteiger partial charge < -0.3 is 9.47 Å². The number of ether oxygens (including phenoxy) is 2. The molecule has 1 unspecified atom stereocenters. The topological polar surface area (TPSA) is 115 Å². The van der Waals surface area contributed by atoms with Gasteiger partial charge in [0, 0.05) is 36.3 Å². The fourth-order valence-electron chi connectivity index (χ4n) is 3.09. The van der Waals surface area contributed by atoms with Gasteiger partial charge in [-0.15, -0.1) is 0 Å². The lowest BCUT2D eigenvalue weighted by atomic mass is 10.1. The first kappa shape index (κ1) is 20.4. The van der Waals surface area contributed by atoms with Crippen LogP contribution >= 0.6 is 0 Å². The van der Waals surface area contributed by atoms with E-state index in [1.165, 1.54) is 6.20 Å². The van der Waals surface area contributed by atoms with Crippen molar-refractivity contribution in [2.45, 2.75) is 13.3 Å². The van der Waals surface area contributed by atoms with Crippen LogP contribution in [0.15, 0.2) is 55.0 Å². The number of nitrogens with zero attached hydrogens (tertiary/aromatic N) is 3. The number of carbonyl (C=O) groups excluding carboxylic acids is 2. The van der Waals surface area contributed by atoms with Crippen LogP contribution in [0.1, 0.15) is 12.1 Å². The average molecular weight is 419 g/mol. The summed E-state index contributed by atoms with van der Waals surface area (Å²) in [5.41, 5.74) is 2.61. The van der Waals surface area contributed by atoms with Gasteiger partial charge in [-0.1, -0.05) is 0 Å². The van der Waals surface area contributed by atoms with Crippen molar-refractivity contribution in [2.24, 2.45) is 5.92 Å². The van der Waals surface area contributed by atoms with Crippen LogP contribution in [0.2, 0.25) is 0 Å². The minimum absolute atomic E-state index is 0.294. The molecule has 0 bridgehead atoms. The fourth-order valence-corrected chi connectivity index (χ4v) is 3.09. The number of nitrogens with one attached hydrogen (secondary N) is 2. The molecule has 3 aromatic heterocycles. The third kappa shape index (κ3) is 5.40. The number of hydrogen-bond donors (Lipinski definition) is 2. The number of amides is 3. The molecule has 1 fully saturated rings. The second-order valence-corrected chi connectivity index (χ2v) is 7.05. The SMILES string of the molecule is Cc1cc(-c2cc(Oc3ccc(NC(=O)NC(=O)C4CCOC4)nc3)ccn2)ccn1. The zero-order chi connectivity index (χ0) is 21.6. The summed E-state index contributed by atoms with van der Waals surface area (Å²) in [5.74, 6) is 0.740. The summed E-state index contributed by atoms with van der Waals surface area (Å²) in [6, 6.07) is 10.0. The third-order valence-corrected chi connectivity index (χ3v) is 4.67. The molecular weight excluding hydrogens is 398 g/mol. The Morgan fingerprint density at radius 3 is 2.68 bits per heavy atom. The molecule has 31 heavy (non-hydrogen) atoms. The zero-order valence-electron chi connectivity index (χ0n) is 16.9. The van der Waals surface area contributed by atoms with Crippen LogP contribution < -0.4 is 15.4 Å². The number of urea groups is 1. The monoisotopic (exact) mass is 419 g/mol. The van der Waals surface area contributed by atoms with Crippen molar-refractivity contribution in [3.63, 3.8) is 0 Å². The predicted octanol–water partition coefficient (Wildman–Crippen LogP) is 3.32. The van der Waals surface area contributed by atoms with Gasteiger partial charge in [0.25, 0.3) is 0 Å². The number of rotatable bonds is 5. The molecule has 3 aromatic rings. The second kappa shape index (κ2) is 9.31. The van der Waals surface area contributed by atoms with Gasteiger partial charge in [0.05, 0.1) is 24.4 Å². The molecule has 9 nitrogen and oxygen atoms in total.